The van der Waals surface area contributed by atoms with E-state index in [1.807, 2.05) is 89.2 Å². The average Bonchev–Trinajstić information content (AvgIpc) is 3.01. The van der Waals surface area contributed by atoms with Crippen LogP contribution in [0.3, 0.4) is 0 Å². The second-order valence-electron chi connectivity index (χ2n) is 12.6. The van der Waals surface area contributed by atoms with Gasteiger partial charge in [-0.2, -0.15) is 0 Å². The lowest BCUT2D eigenvalue weighted by Gasteiger charge is -2.35. The molecule has 1 N–H and O–H groups in total. The predicted molar refractivity (Wildman–Crippen MR) is 187 cm³/mol. The van der Waals surface area contributed by atoms with Crippen molar-refractivity contribution in [3.8, 4) is 5.75 Å². The zero-order valence-electron chi connectivity index (χ0n) is 27.7. The fraction of sp³-hybridized carbons (Fsp3) is 0.297. The lowest BCUT2D eigenvalue weighted by atomic mass is 10.0. The van der Waals surface area contributed by atoms with Crippen LogP contribution in [0.1, 0.15) is 43.0 Å². The van der Waals surface area contributed by atoms with E-state index >= 15 is 0 Å². The maximum absolute atomic E-state index is 14.7. The van der Waals surface area contributed by atoms with E-state index in [9.17, 15) is 18.0 Å². The Labute approximate surface area is 283 Å². The van der Waals surface area contributed by atoms with Crippen LogP contribution >= 0.6 is 11.6 Å². The summed E-state index contributed by atoms with van der Waals surface area (Å²) in [4.78, 5) is 30.2. The fourth-order valence-corrected chi connectivity index (χ4v) is 6.81. The van der Waals surface area contributed by atoms with Crippen LogP contribution in [0.4, 0.5) is 5.69 Å². The minimum absolute atomic E-state index is 0.00512. The minimum atomic E-state index is -4.32. The number of nitrogens with zero attached hydrogens (tertiary/aromatic N) is 2. The molecule has 0 fully saturated rings. The van der Waals surface area contributed by atoms with E-state index in [1.54, 1.807) is 24.3 Å². The zero-order valence-corrected chi connectivity index (χ0v) is 29.2. The molecule has 0 saturated heterocycles. The average molecular weight is 676 g/mol. The summed E-state index contributed by atoms with van der Waals surface area (Å²) in [6.07, 6.45) is 0.214. The minimum Gasteiger partial charge on any atom is -0.495 e. The number of halogens is 1. The van der Waals surface area contributed by atoms with Gasteiger partial charge < -0.3 is 15.0 Å². The predicted octanol–water partition coefficient (Wildman–Crippen LogP) is 6.72. The molecule has 0 radical (unpaired) electrons. The fourth-order valence-electron chi connectivity index (χ4n) is 5.22. The van der Waals surface area contributed by atoms with Crippen LogP contribution in [0.2, 0.25) is 5.02 Å². The Kier molecular flexibility index (Phi) is 11.4. The molecule has 0 saturated carbocycles. The second kappa shape index (κ2) is 15.0. The van der Waals surface area contributed by atoms with Crippen molar-refractivity contribution in [3.05, 3.63) is 124 Å². The summed E-state index contributed by atoms with van der Waals surface area (Å²) in [5.41, 5.74) is 3.03. The first-order valence-electron chi connectivity index (χ1n) is 15.3. The number of benzene rings is 4. The molecule has 8 nitrogen and oxygen atoms in total. The zero-order chi connectivity index (χ0) is 34.4. The van der Waals surface area contributed by atoms with Gasteiger partial charge >= 0.3 is 0 Å². The van der Waals surface area contributed by atoms with Gasteiger partial charge in [-0.3, -0.25) is 13.9 Å². The number of sulfonamides is 1. The SMILES string of the molecule is COc1ccc(Cl)cc1N(CC(=O)N(Cc1cccc(C)c1)C(Cc1ccccc1)C(=O)NC(C)(C)C)S(=O)(=O)c1ccc(C)cc1. The van der Waals surface area contributed by atoms with Gasteiger partial charge in [0.25, 0.3) is 10.0 Å². The molecule has 0 bridgehead atoms. The molecule has 4 aromatic carbocycles. The molecule has 47 heavy (non-hydrogen) atoms. The number of ether oxygens (including phenoxy) is 1. The highest BCUT2D eigenvalue weighted by molar-refractivity contribution is 7.92. The quantitative estimate of drug-likeness (QED) is 0.180. The Morgan fingerprint density at radius 1 is 0.851 bits per heavy atom. The summed E-state index contributed by atoms with van der Waals surface area (Å²) >= 11 is 6.37. The van der Waals surface area contributed by atoms with Gasteiger partial charge in [0.2, 0.25) is 11.8 Å². The topological polar surface area (TPSA) is 96.0 Å². The number of amides is 2. The molecule has 4 rings (SSSR count). The third kappa shape index (κ3) is 9.36. The Morgan fingerprint density at radius 3 is 2.13 bits per heavy atom. The van der Waals surface area contributed by atoms with Crippen LogP contribution in [0.25, 0.3) is 0 Å². The van der Waals surface area contributed by atoms with E-state index in [1.165, 1.54) is 30.2 Å². The van der Waals surface area contributed by atoms with Gasteiger partial charge in [0.15, 0.2) is 0 Å². The molecule has 0 aliphatic carbocycles. The molecule has 0 aliphatic heterocycles. The van der Waals surface area contributed by atoms with E-state index in [0.29, 0.717) is 0 Å². The van der Waals surface area contributed by atoms with E-state index in [2.05, 4.69) is 5.32 Å². The lowest BCUT2D eigenvalue weighted by molar-refractivity contribution is -0.140. The number of hydrogen-bond donors (Lipinski definition) is 1. The molecule has 1 unspecified atom stereocenters. The van der Waals surface area contributed by atoms with Gasteiger partial charge in [0, 0.05) is 23.5 Å². The van der Waals surface area contributed by atoms with E-state index in [0.717, 1.165) is 26.6 Å². The van der Waals surface area contributed by atoms with Gasteiger partial charge in [-0.1, -0.05) is 89.5 Å². The second-order valence-corrected chi connectivity index (χ2v) is 14.9. The molecule has 0 heterocycles. The van der Waals surface area contributed by atoms with Crippen LogP contribution in [-0.2, 0) is 32.6 Å². The van der Waals surface area contributed by atoms with Gasteiger partial charge in [-0.15, -0.1) is 0 Å². The molecular formula is C37H42ClN3O5S. The van der Waals surface area contributed by atoms with Crippen LogP contribution in [-0.4, -0.2) is 50.4 Å². The molecule has 10 heteroatoms. The number of methoxy groups -OCH3 is 1. The molecule has 248 valence electrons. The molecule has 0 aromatic heterocycles. The Bertz CT molecular complexity index is 1810. The summed E-state index contributed by atoms with van der Waals surface area (Å²) in [6.45, 7) is 8.88. The Balaban J connectivity index is 1.87. The van der Waals surface area contributed by atoms with Crippen molar-refractivity contribution in [2.75, 3.05) is 18.0 Å². The number of anilines is 1. The maximum atomic E-state index is 14.7. The van der Waals surface area contributed by atoms with Crippen molar-refractivity contribution in [1.82, 2.24) is 10.2 Å². The van der Waals surface area contributed by atoms with Crippen molar-refractivity contribution >= 4 is 39.1 Å². The first kappa shape index (κ1) is 35.5. The third-order valence-electron chi connectivity index (χ3n) is 7.50. The van der Waals surface area contributed by atoms with Gasteiger partial charge in [0.1, 0.15) is 18.3 Å². The standard InChI is InChI=1S/C37H42ClN3O5S/c1-26-15-18-31(19-16-26)47(44,45)41(32-23-30(38)17-20-34(32)46-6)25-35(42)40(24-29-14-10-11-27(2)21-29)33(36(43)39-37(3,4)5)22-28-12-8-7-9-13-28/h7-21,23,33H,22,24-25H2,1-6H3,(H,39,43). The van der Waals surface area contributed by atoms with Crippen LogP contribution in [0, 0.1) is 13.8 Å². The third-order valence-corrected chi connectivity index (χ3v) is 9.51. The van der Waals surface area contributed by atoms with Crippen LogP contribution in [0.15, 0.2) is 102 Å². The normalized spacial score (nSPS) is 12.2. The molecular weight excluding hydrogens is 634 g/mol. The van der Waals surface area contributed by atoms with E-state index in [-0.39, 0.29) is 40.2 Å². The van der Waals surface area contributed by atoms with Crippen molar-refractivity contribution in [1.29, 1.82) is 0 Å². The van der Waals surface area contributed by atoms with Crippen molar-refractivity contribution in [2.24, 2.45) is 0 Å². The number of carbonyl (C=O) groups is 2. The van der Waals surface area contributed by atoms with E-state index in [4.69, 9.17) is 16.3 Å². The highest BCUT2D eigenvalue weighted by Crippen LogP contribution is 2.35. The van der Waals surface area contributed by atoms with Crippen molar-refractivity contribution < 1.29 is 22.7 Å². The molecule has 1 atom stereocenters. The van der Waals surface area contributed by atoms with Gasteiger partial charge in [-0.05, 0) is 76.1 Å². The summed E-state index contributed by atoms with van der Waals surface area (Å²) < 4.78 is 35.2. The summed E-state index contributed by atoms with van der Waals surface area (Å²) in [5.74, 6) is -0.709. The molecule has 0 aliphatic rings. The first-order valence-corrected chi connectivity index (χ1v) is 17.1. The van der Waals surface area contributed by atoms with E-state index < -0.39 is 34.1 Å². The summed E-state index contributed by atoms with van der Waals surface area (Å²) in [5, 5.41) is 3.31. The Hall–Kier alpha value is -4.34. The lowest BCUT2D eigenvalue weighted by Crippen LogP contribution is -2.56. The molecule has 4 aromatic rings. The largest absolute Gasteiger partial charge is 0.495 e. The maximum Gasteiger partial charge on any atom is 0.264 e. The molecule has 2 amide bonds. The monoisotopic (exact) mass is 675 g/mol. The van der Waals surface area contributed by atoms with Crippen molar-refractivity contribution in [3.63, 3.8) is 0 Å². The smallest absolute Gasteiger partial charge is 0.264 e. The molecule has 0 spiro atoms. The number of hydrogen-bond acceptors (Lipinski definition) is 5. The number of aryl methyl sites for hydroxylation is 2. The Morgan fingerprint density at radius 2 is 1.51 bits per heavy atom. The number of rotatable bonds is 12. The van der Waals surface area contributed by atoms with Crippen molar-refractivity contribution in [2.45, 2.75) is 64.1 Å². The number of nitrogens with one attached hydrogen (secondary N) is 1. The highest BCUT2D eigenvalue weighted by atomic mass is 35.5. The van der Waals surface area contributed by atoms with Gasteiger partial charge in [0.05, 0.1) is 17.7 Å². The summed E-state index contributed by atoms with van der Waals surface area (Å²) in [6, 6.07) is 27.1. The first-order chi connectivity index (χ1) is 22.2. The van der Waals surface area contributed by atoms with Crippen LogP contribution in [0.5, 0.6) is 5.75 Å². The highest BCUT2D eigenvalue weighted by Gasteiger charge is 2.36. The van der Waals surface area contributed by atoms with Crippen LogP contribution < -0.4 is 14.4 Å². The number of carbonyl (C=O) groups excluding carboxylic acids is 2. The summed E-state index contributed by atoms with van der Waals surface area (Å²) in [7, 11) is -2.90. The van der Waals surface area contributed by atoms with Gasteiger partial charge in [-0.25, -0.2) is 8.42 Å².